The van der Waals surface area contributed by atoms with E-state index < -0.39 is 5.63 Å². The van der Waals surface area contributed by atoms with E-state index in [0.717, 1.165) is 17.7 Å². The van der Waals surface area contributed by atoms with Crippen LogP contribution in [0, 0.1) is 19.8 Å². The van der Waals surface area contributed by atoms with Crippen LogP contribution in [0.25, 0.3) is 11.1 Å². The van der Waals surface area contributed by atoms with Gasteiger partial charge < -0.3 is 9.15 Å². The van der Waals surface area contributed by atoms with E-state index in [0.29, 0.717) is 41.3 Å². The van der Waals surface area contributed by atoms with E-state index in [4.69, 9.17) is 9.15 Å². The zero-order valence-electron chi connectivity index (χ0n) is 14.7. The predicted molar refractivity (Wildman–Crippen MR) is 96.1 cm³/mol. The Morgan fingerprint density at radius 3 is 2.77 bits per heavy atom. The van der Waals surface area contributed by atoms with Gasteiger partial charge in [0.05, 0.1) is 12.2 Å². The largest absolute Gasteiger partial charge is 0.477 e. The molecule has 26 heavy (non-hydrogen) atoms. The Kier molecular flexibility index (Phi) is 4.24. The molecule has 3 aromatic rings. The van der Waals surface area contributed by atoms with Crippen molar-refractivity contribution in [2.75, 3.05) is 6.61 Å². The summed E-state index contributed by atoms with van der Waals surface area (Å²) >= 11 is 0. The number of hydrogen-bond donors (Lipinski definition) is 0. The van der Waals surface area contributed by atoms with Crippen LogP contribution in [0.2, 0.25) is 0 Å². The summed E-state index contributed by atoms with van der Waals surface area (Å²) in [6.07, 6.45) is 6.06. The molecular formula is C20H19N3O3. The van der Waals surface area contributed by atoms with Crippen LogP contribution in [0.1, 0.15) is 29.4 Å². The van der Waals surface area contributed by atoms with E-state index in [1.54, 1.807) is 12.3 Å². The van der Waals surface area contributed by atoms with Crippen LogP contribution >= 0.6 is 0 Å². The van der Waals surface area contributed by atoms with Gasteiger partial charge in [0, 0.05) is 41.6 Å². The number of nitrogens with zero attached hydrogens (tertiary/aromatic N) is 3. The fraction of sp³-hybridized carbons (Fsp3) is 0.300. The molecule has 0 radical (unpaired) electrons. The van der Waals surface area contributed by atoms with Crippen molar-refractivity contribution in [3.8, 4) is 17.0 Å². The molecule has 0 saturated heterocycles. The molecule has 0 spiro atoms. The van der Waals surface area contributed by atoms with Crippen molar-refractivity contribution in [1.29, 1.82) is 0 Å². The molecule has 6 heteroatoms. The molecule has 2 atom stereocenters. The van der Waals surface area contributed by atoms with Crippen LogP contribution in [0.5, 0.6) is 5.88 Å². The number of pyridine rings is 1. The highest BCUT2D eigenvalue weighted by Gasteiger charge is 2.40. The van der Waals surface area contributed by atoms with Gasteiger partial charge in [-0.15, -0.1) is 0 Å². The number of hydrogen-bond acceptors (Lipinski definition) is 6. The molecule has 3 heterocycles. The minimum Gasteiger partial charge on any atom is -0.477 e. The lowest BCUT2D eigenvalue weighted by Gasteiger charge is -2.10. The average Bonchev–Trinajstić information content (AvgIpc) is 3.41. The monoisotopic (exact) mass is 349 g/mol. The van der Waals surface area contributed by atoms with Gasteiger partial charge in [-0.05, 0) is 38.0 Å². The van der Waals surface area contributed by atoms with Gasteiger partial charge in [-0.25, -0.2) is 9.78 Å². The smallest absolute Gasteiger partial charge is 0.335 e. The molecule has 1 saturated carbocycles. The summed E-state index contributed by atoms with van der Waals surface area (Å²) in [5, 5.41) is 0. The molecule has 1 aliphatic rings. The molecule has 3 aromatic heterocycles. The van der Waals surface area contributed by atoms with Gasteiger partial charge in [0.15, 0.2) is 0 Å². The highest BCUT2D eigenvalue weighted by atomic mass is 16.5. The first-order valence-corrected chi connectivity index (χ1v) is 8.58. The maximum Gasteiger partial charge on any atom is 0.335 e. The van der Waals surface area contributed by atoms with Crippen molar-refractivity contribution in [1.82, 2.24) is 15.0 Å². The Hall–Kier alpha value is -3.02. The zero-order valence-corrected chi connectivity index (χ0v) is 14.7. The van der Waals surface area contributed by atoms with E-state index in [9.17, 15) is 4.79 Å². The summed E-state index contributed by atoms with van der Waals surface area (Å²) in [6, 6.07) is 7.24. The standard InChI is InChI=1S/C20H19N3O3/c1-12-3-5-18(22-8-12)16-7-15(16)11-26-20-17(9-21-13(2)23-20)14-4-6-19(24)25-10-14/h3-6,8-10,15-16H,7,11H2,1-2H3. The molecule has 0 bridgehead atoms. The van der Waals surface area contributed by atoms with Gasteiger partial charge in [-0.1, -0.05) is 6.07 Å². The molecule has 0 aliphatic heterocycles. The fourth-order valence-corrected chi connectivity index (χ4v) is 2.95. The molecule has 132 valence electrons. The lowest BCUT2D eigenvalue weighted by atomic mass is 10.1. The summed E-state index contributed by atoms with van der Waals surface area (Å²) in [7, 11) is 0. The van der Waals surface area contributed by atoms with Gasteiger partial charge in [-0.2, -0.15) is 4.98 Å². The third kappa shape index (κ3) is 3.49. The van der Waals surface area contributed by atoms with E-state index in [1.807, 2.05) is 20.0 Å². The van der Waals surface area contributed by atoms with Gasteiger partial charge in [0.2, 0.25) is 5.88 Å². The predicted octanol–water partition coefficient (Wildman–Crippen LogP) is 3.29. The second-order valence-corrected chi connectivity index (χ2v) is 6.65. The molecule has 0 amide bonds. The number of ether oxygens (including phenoxy) is 1. The second-order valence-electron chi connectivity index (χ2n) is 6.65. The minimum atomic E-state index is -0.393. The van der Waals surface area contributed by atoms with Crippen LogP contribution in [-0.2, 0) is 0 Å². The summed E-state index contributed by atoms with van der Waals surface area (Å²) in [6.45, 7) is 4.42. The zero-order chi connectivity index (χ0) is 18.1. The molecule has 6 nitrogen and oxygen atoms in total. The van der Waals surface area contributed by atoms with Gasteiger partial charge >= 0.3 is 5.63 Å². The normalized spacial score (nSPS) is 18.5. The topological polar surface area (TPSA) is 78.1 Å². The van der Waals surface area contributed by atoms with Crippen LogP contribution in [0.15, 0.2) is 52.1 Å². The van der Waals surface area contributed by atoms with Crippen molar-refractivity contribution in [2.45, 2.75) is 26.2 Å². The van der Waals surface area contributed by atoms with E-state index >= 15 is 0 Å². The van der Waals surface area contributed by atoms with Crippen molar-refractivity contribution < 1.29 is 9.15 Å². The molecule has 0 aromatic carbocycles. The fourth-order valence-electron chi connectivity index (χ4n) is 2.95. The Bertz CT molecular complexity index is 962. The lowest BCUT2D eigenvalue weighted by Crippen LogP contribution is -2.06. The maximum atomic E-state index is 11.2. The minimum absolute atomic E-state index is 0.393. The van der Waals surface area contributed by atoms with Gasteiger partial charge in [0.25, 0.3) is 0 Å². The summed E-state index contributed by atoms with van der Waals surface area (Å²) in [5.74, 6) is 2.02. The highest BCUT2D eigenvalue weighted by Crippen LogP contribution is 2.47. The summed E-state index contributed by atoms with van der Waals surface area (Å²) < 4.78 is 10.9. The van der Waals surface area contributed by atoms with Crippen molar-refractivity contribution in [3.63, 3.8) is 0 Å². The molecule has 4 rings (SSSR count). The van der Waals surface area contributed by atoms with Crippen LogP contribution in [-0.4, -0.2) is 21.6 Å². The third-order valence-corrected chi connectivity index (χ3v) is 4.56. The Balaban J connectivity index is 1.48. The molecule has 2 unspecified atom stereocenters. The van der Waals surface area contributed by atoms with Crippen LogP contribution < -0.4 is 10.4 Å². The quantitative estimate of drug-likeness (QED) is 0.703. The van der Waals surface area contributed by atoms with Crippen molar-refractivity contribution >= 4 is 0 Å². The average molecular weight is 349 g/mol. The molecular weight excluding hydrogens is 330 g/mol. The number of aromatic nitrogens is 3. The molecule has 0 N–H and O–H groups in total. The summed E-state index contributed by atoms with van der Waals surface area (Å²) in [4.78, 5) is 24.3. The number of aryl methyl sites for hydroxylation is 2. The number of rotatable bonds is 5. The summed E-state index contributed by atoms with van der Waals surface area (Å²) in [5.41, 5.74) is 3.32. The first-order chi connectivity index (χ1) is 12.6. The van der Waals surface area contributed by atoms with Gasteiger partial charge in [-0.3, -0.25) is 4.98 Å². The highest BCUT2D eigenvalue weighted by molar-refractivity contribution is 5.66. The molecule has 1 fully saturated rings. The van der Waals surface area contributed by atoms with Crippen molar-refractivity contribution in [2.24, 2.45) is 5.92 Å². The van der Waals surface area contributed by atoms with Gasteiger partial charge in [0.1, 0.15) is 12.1 Å². The lowest BCUT2D eigenvalue weighted by molar-refractivity contribution is 0.285. The van der Waals surface area contributed by atoms with Crippen molar-refractivity contribution in [3.05, 3.63) is 70.4 Å². The van der Waals surface area contributed by atoms with E-state index in [-0.39, 0.29) is 0 Å². The Morgan fingerprint density at radius 2 is 2.04 bits per heavy atom. The second kappa shape index (κ2) is 6.71. The first kappa shape index (κ1) is 16.4. The first-order valence-electron chi connectivity index (χ1n) is 8.58. The maximum absolute atomic E-state index is 11.2. The Labute approximate surface area is 150 Å². The SMILES string of the molecule is Cc1ccc(C2CC2COc2nc(C)ncc2-c2ccc(=O)oc2)nc1. The molecule has 1 aliphatic carbocycles. The van der Waals surface area contributed by atoms with Crippen LogP contribution in [0.3, 0.4) is 0 Å². The third-order valence-electron chi connectivity index (χ3n) is 4.56. The van der Waals surface area contributed by atoms with E-state index in [1.165, 1.54) is 12.3 Å². The van der Waals surface area contributed by atoms with E-state index in [2.05, 4.69) is 27.1 Å². The Morgan fingerprint density at radius 1 is 1.15 bits per heavy atom. The van der Waals surface area contributed by atoms with Crippen LogP contribution in [0.4, 0.5) is 0 Å².